The summed E-state index contributed by atoms with van der Waals surface area (Å²) in [5.74, 6) is -2.43. The Hall–Kier alpha value is -2.70. The lowest BCUT2D eigenvalue weighted by Crippen LogP contribution is -2.28. The molecule has 0 aliphatic rings. The summed E-state index contributed by atoms with van der Waals surface area (Å²) < 4.78 is 5.45. The van der Waals surface area contributed by atoms with Gasteiger partial charge in [0.25, 0.3) is 0 Å². The molecule has 0 atom stereocenters. The minimum atomic E-state index is -1.55. The smallest absolute Gasteiger partial charge is 0.361 e. The van der Waals surface area contributed by atoms with Crippen LogP contribution in [0.4, 0.5) is 0 Å². The Kier molecular flexibility index (Phi) is 3.05. The SMILES string of the molecule is COC(=O)c1nnn(-c2ccccc2)c1C(=O)[O-]. The van der Waals surface area contributed by atoms with E-state index >= 15 is 0 Å². The number of hydrogen-bond donors (Lipinski definition) is 0. The molecule has 1 heterocycles. The first-order chi connectivity index (χ1) is 8.65. The lowest BCUT2D eigenvalue weighted by molar-refractivity contribution is -0.255. The summed E-state index contributed by atoms with van der Waals surface area (Å²) in [6, 6.07) is 8.42. The fraction of sp³-hybridized carbons (Fsp3) is 0.0909. The molecule has 0 unspecified atom stereocenters. The molecule has 0 N–H and O–H groups in total. The standard InChI is InChI=1S/C11H9N3O4/c1-18-11(17)8-9(10(15)16)14(13-12-8)7-5-3-2-4-6-7/h2-6H,1H3,(H,15,16)/p-1. The second kappa shape index (κ2) is 4.66. The van der Waals surface area contributed by atoms with Crippen LogP contribution in [0.5, 0.6) is 0 Å². The van der Waals surface area contributed by atoms with Crippen LogP contribution < -0.4 is 5.11 Å². The Balaban J connectivity index is 2.60. The highest BCUT2D eigenvalue weighted by atomic mass is 16.5. The lowest BCUT2D eigenvalue weighted by Gasteiger charge is -2.07. The highest BCUT2D eigenvalue weighted by molar-refractivity contribution is 5.99. The van der Waals surface area contributed by atoms with Crippen LogP contribution in [-0.4, -0.2) is 34.0 Å². The van der Waals surface area contributed by atoms with E-state index in [1.54, 1.807) is 30.3 Å². The Bertz CT molecular complexity index is 592. The van der Waals surface area contributed by atoms with Crippen LogP contribution in [0, 0.1) is 0 Å². The number of nitrogens with zero attached hydrogens (tertiary/aromatic N) is 3. The molecular formula is C11H8N3O4-. The summed E-state index contributed by atoms with van der Waals surface area (Å²) in [5.41, 5.74) is -0.367. The first kappa shape index (κ1) is 11.8. The number of esters is 1. The number of methoxy groups -OCH3 is 1. The number of carbonyl (C=O) groups excluding carboxylic acids is 2. The molecular weight excluding hydrogens is 238 g/mol. The van der Waals surface area contributed by atoms with Crippen LogP contribution in [0.25, 0.3) is 5.69 Å². The zero-order valence-electron chi connectivity index (χ0n) is 9.36. The van der Waals surface area contributed by atoms with Gasteiger partial charge in [-0.05, 0) is 12.1 Å². The Morgan fingerprint density at radius 2 is 1.94 bits per heavy atom. The molecule has 18 heavy (non-hydrogen) atoms. The molecule has 7 heteroatoms. The summed E-state index contributed by atoms with van der Waals surface area (Å²) >= 11 is 0. The van der Waals surface area contributed by atoms with Gasteiger partial charge in [0.15, 0.2) is 5.69 Å². The quantitative estimate of drug-likeness (QED) is 0.672. The first-order valence-electron chi connectivity index (χ1n) is 4.96. The van der Waals surface area contributed by atoms with Crippen molar-refractivity contribution in [3.05, 3.63) is 41.7 Å². The van der Waals surface area contributed by atoms with Crippen LogP contribution in [-0.2, 0) is 4.74 Å². The van der Waals surface area contributed by atoms with Gasteiger partial charge >= 0.3 is 5.97 Å². The van der Waals surface area contributed by atoms with Crippen LogP contribution >= 0.6 is 0 Å². The normalized spacial score (nSPS) is 10.1. The second-order valence-corrected chi connectivity index (χ2v) is 3.31. The van der Waals surface area contributed by atoms with Crippen LogP contribution in [0.3, 0.4) is 0 Å². The van der Waals surface area contributed by atoms with Gasteiger partial charge in [-0.2, -0.15) is 0 Å². The largest absolute Gasteiger partial charge is 0.543 e. The Morgan fingerprint density at radius 1 is 1.28 bits per heavy atom. The molecule has 0 saturated heterocycles. The van der Waals surface area contributed by atoms with Gasteiger partial charge in [0.05, 0.1) is 18.8 Å². The van der Waals surface area contributed by atoms with E-state index in [-0.39, 0.29) is 5.69 Å². The second-order valence-electron chi connectivity index (χ2n) is 3.31. The number of aromatic carboxylic acids is 1. The van der Waals surface area contributed by atoms with Crippen molar-refractivity contribution < 1.29 is 19.4 Å². The summed E-state index contributed by atoms with van der Waals surface area (Å²) in [5, 5.41) is 18.2. The number of benzene rings is 1. The van der Waals surface area contributed by atoms with E-state index in [0.717, 1.165) is 11.8 Å². The van der Waals surface area contributed by atoms with Crippen LogP contribution in [0.2, 0.25) is 0 Å². The van der Waals surface area contributed by atoms with Gasteiger partial charge in [-0.3, -0.25) is 0 Å². The first-order valence-corrected chi connectivity index (χ1v) is 4.96. The Morgan fingerprint density at radius 3 is 2.50 bits per heavy atom. The molecule has 2 aromatic rings. The fourth-order valence-electron chi connectivity index (χ4n) is 1.45. The van der Waals surface area contributed by atoms with Gasteiger partial charge in [-0.1, -0.05) is 23.4 Å². The molecule has 1 aromatic heterocycles. The average Bonchev–Trinajstić information content (AvgIpc) is 2.83. The number of aromatic nitrogens is 3. The highest BCUT2D eigenvalue weighted by Gasteiger charge is 2.21. The van der Waals surface area contributed by atoms with Crippen LogP contribution in [0.1, 0.15) is 21.0 Å². The fourth-order valence-corrected chi connectivity index (χ4v) is 1.45. The minimum Gasteiger partial charge on any atom is -0.543 e. The summed E-state index contributed by atoms with van der Waals surface area (Å²) in [6.07, 6.45) is 0. The maximum Gasteiger partial charge on any atom is 0.361 e. The number of carboxylic acid groups (broad SMARTS) is 1. The average molecular weight is 246 g/mol. The van der Waals surface area contributed by atoms with Crippen LogP contribution in [0.15, 0.2) is 30.3 Å². The molecule has 0 spiro atoms. The van der Waals surface area contributed by atoms with Gasteiger partial charge < -0.3 is 14.6 Å². The van der Waals surface area contributed by atoms with E-state index in [4.69, 9.17) is 0 Å². The van der Waals surface area contributed by atoms with Gasteiger partial charge in [-0.25, -0.2) is 9.48 Å². The molecule has 7 nitrogen and oxygen atoms in total. The molecule has 0 amide bonds. The van der Waals surface area contributed by atoms with Gasteiger partial charge in [-0.15, -0.1) is 5.10 Å². The number of hydrogen-bond acceptors (Lipinski definition) is 6. The third kappa shape index (κ3) is 1.93. The van der Waals surface area contributed by atoms with Crippen molar-refractivity contribution >= 4 is 11.9 Å². The van der Waals surface area contributed by atoms with E-state index in [1.807, 2.05) is 0 Å². The maximum absolute atomic E-state index is 11.4. The van der Waals surface area contributed by atoms with E-state index in [1.165, 1.54) is 0 Å². The van der Waals surface area contributed by atoms with Crippen molar-refractivity contribution in [2.24, 2.45) is 0 Å². The third-order valence-corrected chi connectivity index (χ3v) is 2.24. The number of ether oxygens (including phenoxy) is 1. The van der Waals surface area contributed by atoms with Gasteiger partial charge in [0.2, 0.25) is 0 Å². The molecule has 0 fully saturated rings. The maximum atomic E-state index is 11.4. The van der Waals surface area contributed by atoms with E-state index in [0.29, 0.717) is 5.69 Å². The van der Waals surface area contributed by atoms with Crippen molar-refractivity contribution in [3.63, 3.8) is 0 Å². The van der Waals surface area contributed by atoms with Gasteiger partial charge in [0.1, 0.15) is 5.69 Å². The predicted molar refractivity (Wildman–Crippen MR) is 57.0 cm³/mol. The number of carbonyl (C=O) groups is 2. The van der Waals surface area contributed by atoms with Crippen molar-refractivity contribution in [1.29, 1.82) is 0 Å². The number of para-hydroxylation sites is 1. The summed E-state index contributed by atoms with van der Waals surface area (Å²) in [6.45, 7) is 0. The topological polar surface area (TPSA) is 97.1 Å². The summed E-state index contributed by atoms with van der Waals surface area (Å²) in [4.78, 5) is 22.4. The summed E-state index contributed by atoms with van der Waals surface area (Å²) in [7, 11) is 1.13. The van der Waals surface area contributed by atoms with Crippen molar-refractivity contribution in [2.75, 3.05) is 7.11 Å². The Labute approximate surface area is 102 Å². The molecule has 2 rings (SSSR count). The van der Waals surface area contributed by atoms with Crippen molar-refractivity contribution in [2.45, 2.75) is 0 Å². The minimum absolute atomic E-state index is 0.388. The van der Waals surface area contributed by atoms with E-state index in [9.17, 15) is 14.7 Å². The van der Waals surface area contributed by atoms with E-state index in [2.05, 4.69) is 15.0 Å². The highest BCUT2D eigenvalue weighted by Crippen LogP contribution is 2.12. The molecule has 1 aromatic carbocycles. The molecule has 0 radical (unpaired) electrons. The lowest BCUT2D eigenvalue weighted by atomic mass is 10.3. The third-order valence-electron chi connectivity index (χ3n) is 2.24. The number of rotatable bonds is 3. The monoisotopic (exact) mass is 246 g/mol. The van der Waals surface area contributed by atoms with Crippen molar-refractivity contribution in [1.82, 2.24) is 15.0 Å². The molecule has 0 aliphatic heterocycles. The zero-order valence-corrected chi connectivity index (χ0v) is 9.36. The molecule has 92 valence electrons. The van der Waals surface area contributed by atoms with Crippen molar-refractivity contribution in [3.8, 4) is 5.69 Å². The molecule has 0 bridgehead atoms. The predicted octanol–water partition coefficient (Wildman–Crippen LogP) is -0.583. The molecule has 0 saturated carbocycles. The molecule has 0 aliphatic carbocycles. The number of carboxylic acids is 1. The zero-order chi connectivity index (χ0) is 13.1. The van der Waals surface area contributed by atoms with Gasteiger partial charge in [0, 0.05) is 0 Å². The van der Waals surface area contributed by atoms with E-state index < -0.39 is 17.6 Å².